The Bertz CT molecular complexity index is 2140. The first-order valence-corrected chi connectivity index (χ1v) is 19.5. The van der Waals surface area contributed by atoms with Crippen molar-refractivity contribution in [2.75, 3.05) is 18.8 Å². The summed E-state index contributed by atoms with van der Waals surface area (Å²) in [6, 6.07) is 1.33. The Morgan fingerprint density at radius 2 is 1.82 bits per heavy atom. The number of thioether (sulfide) groups is 1. The van der Waals surface area contributed by atoms with Crippen LogP contribution in [-0.4, -0.2) is 105 Å². The molecule has 0 radical (unpaired) electrons. The number of hydrogen-bond donors (Lipinski definition) is 6. The van der Waals surface area contributed by atoms with Gasteiger partial charge in [-0.2, -0.15) is 0 Å². The van der Waals surface area contributed by atoms with E-state index in [1.807, 2.05) is 30.2 Å². The number of aromatic hydroxyl groups is 2. The number of carbonyl (C=O) groups excluding carboxylic acids is 2. The van der Waals surface area contributed by atoms with Gasteiger partial charge in [-0.05, 0) is 59.2 Å². The van der Waals surface area contributed by atoms with Crippen LogP contribution in [0.1, 0.15) is 78.1 Å². The lowest BCUT2D eigenvalue weighted by Crippen LogP contribution is -2.71. The molecular weight excluding hydrogens is 755 g/mol. The van der Waals surface area contributed by atoms with Crippen molar-refractivity contribution in [1.29, 1.82) is 0 Å². The summed E-state index contributed by atoms with van der Waals surface area (Å²) in [5.74, 6) is -5.02. The molecule has 2 aliphatic rings. The van der Waals surface area contributed by atoms with E-state index in [1.165, 1.54) is 43.1 Å². The van der Waals surface area contributed by atoms with Gasteiger partial charge in [0.2, 0.25) is 5.60 Å². The van der Waals surface area contributed by atoms with Crippen molar-refractivity contribution in [3.05, 3.63) is 56.5 Å². The highest BCUT2D eigenvalue weighted by molar-refractivity contribution is 8.00. The lowest BCUT2D eigenvalue weighted by atomic mass is 9.99. The van der Waals surface area contributed by atoms with Crippen LogP contribution < -0.4 is 16.5 Å². The molecule has 2 aromatic heterocycles. The molecule has 2 aliphatic heterocycles. The minimum Gasteiger partial charge on any atom is -0.504 e. The first kappa shape index (κ1) is 41.0. The standard InChI is InChI=1S/C36H45N7O10S2/c1-7-8-9-10-41(13-19-14-42(17(2)3)23-12-25(45)24(44)11-20(23)29(19)46)15-21-18(4)55-32-27(31(48)43(32)28(21)33(49)50)39-30(47)26(22-16-54-35(37)38-22)40-53-36(5,6)34(51)52/h11-12,14,16-18,27,32,44-45H,7-10,13,15H2,1-6H3,(H2,37,38)(H,39,47)(H,49,50)(H,51,52)/b40-26-/t18-,27+,32+/m0/s1. The van der Waals surface area contributed by atoms with Crippen molar-refractivity contribution < 1.29 is 44.4 Å². The Kier molecular flexibility index (Phi) is 12.2. The number of carboxylic acid groups (broad SMARTS) is 2. The number of nitrogens with zero attached hydrogens (tertiary/aromatic N) is 5. The number of anilines is 1. The lowest BCUT2D eigenvalue weighted by molar-refractivity contribution is -0.161. The topological polar surface area (TPSA) is 250 Å². The summed E-state index contributed by atoms with van der Waals surface area (Å²) in [7, 11) is 0. The van der Waals surface area contributed by atoms with Crippen molar-refractivity contribution in [2.45, 2.75) is 95.7 Å². The molecule has 1 aromatic carbocycles. The molecule has 2 amide bonds. The summed E-state index contributed by atoms with van der Waals surface area (Å²) in [5, 5.41) is 47.3. The summed E-state index contributed by atoms with van der Waals surface area (Å²) in [5.41, 5.74) is 4.31. The van der Waals surface area contributed by atoms with Gasteiger partial charge in [-0.15, -0.1) is 23.1 Å². The number of carboxylic acids is 2. The second-order valence-electron chi connectivity index (χ2n) is 14.2. The number of rotatable bonds is 16. The van der Waals surface area contributed by atoms with Crippen molar-refractivity contribution >= 4 is 68.6 Å². The number of nitrogen functional groups attached to an aromatic ring is 1. The molecule has 3 aromatic rings. The van der Waals surface area contributed by atoms with E-state index >= 15 is 0 Å². The van der Waals surface area contributed by atoms with Crippen LogP contribution in [0.2, 0.25) is 0 Å². The van der Waals surface area contributed by atoms with Crippen LogP contribution in [0.15, 0.2) is 44.9 Å². The number of aromatic nitrogens is 2. The molecule has 0 saturated carbocycles. The average Bonchev–Trinajstić information content (AvgIpc) is 3.54. The van der Waals surface area contributed by atoms with E-state index in [0.29, 0.717) is 23.2 Å². The zero-order chi connectivity index (χ0) is 40.5. The predicted octanol–water partition coefficient (Wildman–Crippen LogP) is 3.44. The van der Waals surface area contributed by atoms with E-state index in [1.54, 1.807) is 6.20 Å². The molecule has 17 nitrogen and oxygen atoms in total. The van der Waals surface area contributed by atoms with E-state index in [-0.39, 0.29) is 52.2 Å². The number of aliphatic carboxylic acids is 2. The van der Waals surface area contributed by atoms with Gasteiger partial charge in [-0.1, -0.05) is 24.9 Å². The zero-order valence-electron chi connectivity index (χ0n) is 31.2. The molecule has 55 heavy (non-hydrogen) atoms. The van der Waals surface area contributed by atoms with Crippen molar-refractivity contribution in [3.8, 4) is 11.5 Å². The van der Waals surface area contributed by atoms with Gasteiger partial charge in [0, 0.05) is 53.0 Å². The van der Waals surface area contributed by atoms with Gasteiger partial charge in [-0.3, -0.25) is 24.2 Å². The molecule has 0 unspecified atom stereocenters. The number of amides is 2. The Labute approximate surface area is 324 Å². The van der Waals surface area contributed by atoms with Crippen LogP contribution in [0.25, 0.3) is 10.9 Å². The van der Waals surface area contributed by atoms with E-state index in [2.05, 4.69) is 22.4 Å². The fourth-order valence-electron chi connectivity index (χ4n) is 6.32. The second-order valence-corrected chi connectivity index (χ2v) is 16.5. The monoisotopic (exact) mass is 799 g/mol. The maximum Gasteiger partial charge on any atom is 0.352 e. The van der Waals surface area contributed by atoms with Crippen molar-refractivity contribution in [2.24, 2.45) is 5.16 Å². The van der Waals surface area contributed by atoms with Crippen molar-refractivity contribution in [1.82, 2.24) is 24.7 Å². The molecule has 19 heteroatoms. The molecule has 0 bridgehead atoms. The predicted molar refractivity (Wildman–Crippen MR) is 207 cm³/mol. The Morgan fingerprint density at radius 3 is 2.42 bits per heavy atom. The minimum absolute atomic E-state index is 0.00688. The van der Waals surface area contributed by atoms with Crippen molar-refractivity contribution in [3.63, 3.8) is 0 Å². The number of hydrogen-bond acceptors (Lipinski definition) is 14. The number of pyridine rings is 1. The molecular formula is C36H45N7O10S2. The molecule has 0 spiro atoms. The number of carbonyl (C=O) groups is 4. The fourth-order valence-corrected chi connectivity index (χ4v) is 8.31. The van der Waals surface area contributed by atoms with Gasteiger partial charge < -0.3 is 40.9 Å². The third-order valence-electron chi connectivity index (χ3n) is 9.40. The van der Waals surface area contributed by atoms with Crippen LogP contribution in [0.5, 0.6) is 11.5 Å². The average molecular weight is 800 g/mol. The highest BCUT2D eigenvalue weighted by atomic mass is 32.2. The number of benzene rings is 1. The first-order valence-electron chi connectivity index (χ1n) is 17.6. The SMILES string of the molecule is CCCCCN(CC1=C(C(=O)O)N2C(=O)[C@@H](NC(=O)/C(=N\OC(C)(C)C(=O)O)c3csc(N)n3)[C@H]2S[C@H]1C)Cc1cn(C(C)C)c2cc(O)c(O)cc2c1=O. The fraction of sp³-hybridized carbons (Fsp3) is 0.472. The van der Waals surface area contributed by atoms with Gasteiger partial charge in [0.05, 0.1) is 5.52 Å². The molecule has 1 fully saturated rings. The van der Waals surface area contributed by atoms with Crippen LogP contribution in [0.4, 0.5) is 5.13 Å². The summed E-state index contributed by atoms with van der Waals surface area (Å²) >= 11 is 2.29. The Balaban J connectivity index is 1.45. The van der Waals surface area contributed by atoms with E-state index < -0.39 is 57.5 Å². The van der Waals surface area contributed by atoms with Crippen LogP contribution in [-0.2, 0) is 30.6 Å². The number of fused-ring (bicyclic) bond motifs is 2. The zero-order valence-corrected chi connectivity index (χ0v) is 32.9. The quantitative estimate of drug-likeness (QED) is 0.0400. The molecule has 296 valence electrons. The molecule has 3 atom stereocenters. The molecule has 0 aliphatic carbocycles. The van der Waals surface area contributed by atoms with Crippen LogP contribution in [0, 0.1) is 0 Å². The normalized spacial score (nSPS) is 18.8. The van der Waals surface area contributed by atoms with Gasteiger partial charge in [0.1, 0.15) is 22.8 Å². The third kappa shape index (κ3) is 8.42. The lowest BCUT2D eigenvalue weighted by Gasteiger charge is -2.51. The number of β-lactam (4-membered cyclic amide) rings is 1. The maximum absolute atomic E-state index is 13.8. The van der Waals surface area contributed by atoms with Gasteiger partial charge >= 0.3 is 11.9 Å². The maximum atomic E-state index is 13.8. The number of oxime groups is 1. The van der Waals surface area contributed by atoms with E-state index in [9.17, 15) is 44.4 Å². The Hall–Kier alpha value is -5.14. The number of phenolic OH excluding ortho intramolecular Hbond substituents is 2. The molecule has 1 saturated heterocycles. The smallest absolute Gasteiger partial charge is 0.352 e. The number of thiazole rings is 1. The van der Waals surface area contributed by atoms with E-state index in [4.69, 9.17) is 10.6 Å². The summed E-state index contributed by atoms with van der Waals surface area (Å²) in [6.45, 7) is 11.0. The van der Waals surface area contributed by atoms with Gasteiger partial charge in [0.25, 0.3) is 11.8 Å². The third-order valence-corrected chi connectivity index (χ3v) is 11.5. The van der Waals surface area contributed by atoms with E-state index in [0.717, 1.165) is 35.5 Å². The van der Waals surface area contributed by atoms with Gasteiger partial charge in [0.15, 0.2) is 27.8 Å². The van der Waals surface area contributed by atoms with Crippen LogP contribution in [0.3, 0.4) is 0 Å². The minimum atomic E-state index is -1.81. The number of phenols is 2. The largest absolute Gasteiger partial charge is 0.504 e. The highest BCUT2D eigenvalue weighted by Gasteiger charge is 2.56. The summed E-state index contributed by atoms with van der Waals surface area (Å²) in [4.78, 5) is 77.9. The molecule has 5 rings (SSSR count). The molecule has 7 N–H and O–H groups in total. The van der Waals surface area contributed by atoms with Gasteiger partial charge in [-0.25, -0.2) is 14.6 Å². The Morgan fingerprint density at radius 1 is 1.13 bits per heavy atom. The molecule has 4 heterocycles. The number of nitrogens with one attached hydrogen (secondary N) is 1. The first-order chi connectivity index (χ1) is 25.9. The second kappa shape index (κ2) is 16.3. The number of nitrogens with two attached hydrogens (primary N) is 1. The summed E-state index contributed by atoms with van der Waals surface area (Å²) < 4.78 is 1.84. The summed E-state index contributed by atoms with van der Waals surface area (Å²) in [6.07, 6.45) is 4.29. The highest BCUT2D eigenvalue weighted by Crippen LogP contribution is 2.44. The number of unbranched alkanes of at least 4 members (excludes halogenated alkanes) is 2. The van der Waals surface area contributed by atoms with Crippen LogP contribution >= 0.6 is 23.1 Å².